The zero-order valence-corrected chi connectivity index (χ0v) is 14.2. The lowest BCUT2D eigenvalue weighted by Gasteiger charge is -2.25. The number of halogens is 1. The molecule has 7 heteroatoms. The largest absolute Gasteiger partial charge is 0.496 e. The summed E-state index contributed by atoms with van der Waals surface area (Å²) in [6.45, 7) is 1.75. The number of ether oxygens (including phenoxy) is 3. The maximum Gasteiger partial charge on any atom is 0.257 e. The van der Waals surface area contributed by atoms with Gasteiger partial charge in [-0.15, -0.1) is 12.4 Å². The molecule has 1 aromatic rings. The van der Waals surface area contributed by atoms with Gasteiger partial charge in [-0.1, -0.05) is 0 Å². The van der Waals surface area contributed by atoms with Crippen LogP contribution in [-0.4, -0.2) is 58.3 Å². The number of rotatable bonds is 5. The molecule has 1 fully saturated rings. The summed E-state index contributed by atoms with van der Waals surface area (Å²) in [5, 5.41) is 3.26. The Morgan fingerprint density at radius 2 is 1.73 bits per heavy atom. The molecule has 1 aliphatic heterocycles. The van der Waals surface area contributed by atoms with Crippen molar-refractivity contribution in [1.82, 2.24) is 10.2 Å². The molecule has 1 aromatic carbocycles. The first-order valence-electron chi connectivity index (χ1n) is 6.90. The van der Waals surface area contributed by atoms with Crippen molar-refractivity contribution in [3.63, 3.8) is 0 Å². The molecule has 22 heavy (non-hydrogen) atoms. The maximum atomic E-state index is 12.7. The highest BCUT2D eigenvalue weighted by Gasteiger charge is 2.27. The second-order valence-corrected chi connectivity index (χ2v) is 4.97. The van der Waals surface area contributed by atoms with E-state index in [4.69, 9.17) is 14.2 Å². The molecular formula is C15H23ClN2O4. The van der Waals surface area contributed by atoms with Gasteiger partial charge in [0, 0.05) is 31.8 Å². The van der Waals surface area contributed by atoms with Crippen molar-refractivity contribution in [3.8, 4) is 17.2 Å². The van der Waals surface area contributed by atoms with E-state index in [1.165, 1.54) is 7.11 Å². The second-order valence-electron chi connectivity index (χ2n) is 4.97. The van der Waals surface area contributed by atoms with E-state index >= 15 is 0 Å². The number of amides is 1. The number of likely N-dealkylation sites (N-methyl/N-ethyl adjacent to an activating group) is 1. The molecule has 1 N–H and O–H groups in total. The highest BCUT2D eigenvalue weighted by Crippen LogP contribution is 2.35. The van der Waals surface area contributed by atoms with E-state index in [9.17, 15) is 4.79 Å². The third-order valence-corrected chi connectivity index (χ3v) is 3.84. The van der Waals surface area contributed by atoms with E-state index in [0.717, 1.165) is 19.5 Å². The lowest BCUT2D eigenvalue weighted by Crippen LogP contribution is -2.38. The molecule has 0 aromatic heterocycles. The normalized spacial score (nSPS) is 16.6. The first kappa shape index (κ1) is 18.4. The summed E-state index contributed by atoms with van der Waals surface area (Å²) < 4.78 is 15.8. The first-order valence-corrected chi connectivity index (χ1v) is 6.90. The molecule has 124 valence electrons. The molecule has 0 aliphatic carbocycles. The van der Waals surface area contributed by atoms with Crippen molar-refractivity contribution in [3.05, 3.63) is 17.7 Å². The van der Waals surface area contributed by atoms with Gasteiger partial charge in [0.15, 0.2) is 11.5 Å². The highest BCUT2D eigenvalue weighted by atomic mass is 35.5. The van der Waals surface area contributed by atoms with Crippen LogP contribution in [0, 0.1) is 0 Å². The summed E-state index contributed by atoms with van der Waals surface area (Å²) in [6, 6.07) is 3.54. The van der Waals surface area contributed by atoms with Gasteiger partial charge in [-0.05, 0) is 13.0 Å². The molecule has 1 saturated heterocycles. The van der Waals surface area contributed by atoms with Gasteiger partial charge >= 0.3 is 0 Å². The highest BCUT2D eigenvalue weighted by molar-refractivity contribution is 5.98. The number of hydrogen-bond donors (Lipinski definition) is 1. The predicted molar refractivity (Wildman–Crippen MR) is 86.7 cm³/mol. The monoisotopic (exact) mass is 330 g/mol. The molecule has 1 aliphatic rings. The number of methoxy groups -OCH3 is 3. The fraction of sp³-hybridized carbons (Fsp3) is 0.533. The van der Waals surface area contributed by atoms with Crippen LogP contribution < -0.4 is 19.5 Å². The third-order valence-electron chi connectivity index (χ3n) is 3.84. The van der Waals surface area contributed by atoms with E-state index in [-0.39, 0.29) is 24.4 Å². The van der Waals surface area contributed by atoms with Gasteiger partial charge in [-0.3, -0.25) is 4.79 Å². The van der Waals surface area contributed by atoms with Crippen LogP contribution in [0.1, 0.15) is 16.8 Å². The fourth-order valence-corrected chi connectivity index (χ4v) is 2.52. The summed E-state index contributed by atoms with van der Waals surface area (Å²) in [7, 11) is 6.45. The van der Waals surface area contributed by atoms with Crippen molar-refractivity contribution in [2.24, 2.45) is 0 Å². The molecular weight excluding hydrogens is 308 g/mol. The number of benzene rings is 1. The predicted octanol–water partition coefficient (Wildman–Crippen LogP) is 1.57. The Bertz CT molecular complexity index is 519. The van der Waals surface area contributed by atoms with Crippen LogP contribution in [-0.2, 0) is 0 Å². The van der Waals surface area contributed by atoms with Crippen LogP contribution in [0.4, 0.5) is 0 Å². The lowest BCUT2D eigenvalue weighted by molar-refractivity contribution is 0.0740. The fourth-order valence-electron chi connectivity index (χ4n) is 2.52. The Morgan fingerprint density at radius 1 is 1.14 bits per heavy atom. The molecule has 1 heterocycles. The molecule has 0 bridgehead atoms. The minimum absolute atomic E-state index is 0. The minimum Gasteiger partial charge on any atom is -0.496 e. The van der Waals surface area contributed by atoms with Crippen LogP contribution in [0.5, 0.6) is 17.2 Å². The van der Waals surface area contributed by atoms with E-state index in [0.29, 0.717) is 22.8 Å². The van der Waals surface area contributed by atoms with Crippen molar-refractivity contribution >= 4 is 18.3 Å². The van der Waals surface area contributed by atoms with E-state index in [1.54, 1.807) is 31.3 Å². The lowest BCUT2D eigenvalue weighted by atomic mass is 10.1. The Hall–Kier alpha value is -1.66. The SMILES string of the molecule is COc1cc(OC)c(C(=O)N(C)C2CCNC2)cc1OC.Cl. The van der Waals surface area contributed by atoms with Crippen LogP contribution in [0.3, 0.4) is 0 Å². The van der Waals surface area contributed by atoms with Crippen molar-refractivity contribution in [1.29, 1.82) is 0 Å². The molecule has 6 nitrogen and oxygen atoms in total. The first-order chi connectivity index (χ1) is 10.1. The molecule has 0 saturated carbocycles. The van der Waals surface area contributed by atoms with E-state index < -0.39 is 0 Å². The maximum absolute atomic E-state index is 12.7. The van der Waals surface area contributed by atoms with Crippen molar-refractivity contribution < 1.29 is 19.0 Å². The smallest absolute Gasteiger partial charge is 0.257 e. The summed E-state index contributed by atoms with van der Waals surface area (Å²) in [5.74, 6) is 1.45. The van der Waals surface area contributed by atoms with Gasteiger partial charge in [0.05, 0.1) is 26.9 Å². The minimum atomic E-state index is -0.0819. The Kier molecular flexibility index (Phi) is 6.77. The van der Waals surface area contributed by atoms with Gasteiger partial charge in [-0.2, -0.15) is 0 Å². The molecule has 1 atom stereocenters. The standard InChI is InChI=1S/C15H22N2O4.ClH/c1-17(10-5-6-16-9-10)15(18)11-7-13(20-3)14(21-4)8-12(11)19-2;/h7-8,10,16H,5-6,9H2,1-4H3;1H. The van der Waals surface area contributed by atoms with Crippen LogP contribution >= 0.6 is 12.4 Å². The second kappa shape index (κ2) is 8.10. The molecule has 2 rings (SSSR count). The Morgan fingerprint density at radius 3 is 2.23 bits per heavy atom. The van der Waals surface area contributed by atoms with Crippen molar-refractivity contribution in [2.75, 3.05) is 41.5 Å². The quantitative estimate of drug-likeness (QED) is 0.888. The van der Waals surface area contributed by atoms with Gasteiger partial charge in [0.25, 0.3) is 5.91 Å². The number of nitrogens with one attached hydrogen (secondary N) is 1. The topological polar surface area (TPSA) is 60.0 Å². The number of carbonyl (C=O) groups excluding carboxylic acids is 1. The van der Waals surface area contributed by atoms with Gasteiger partial charge in [0.2, 0.25) is 0 Å². The van der Waals surface area contributed by atoms with Crippen molar-refractivity contribution in [2.45, 2.75) is 12.5 Å². The van der Waals surface area contributed by atoms with E-state index in [2.05, 4.69) is 5.32 Å². The van der Waals surface area contributed by atoms with Crippen LogP contribution in [0.25, 0.3) is 0 Å². The summed E-state index contributed by atoms with van der Waals surface area (Å²) in [4.78, 5) is 14.5. The number of carbonyl (C=O) groups is 1. The van der Waals surface area contributed by atoms with Gasteiger partial charge in [-0.25, -0.2) is 0 Å². The zero-order chi connectivity index (χ0) is 15.4. The van der Waals surface area contributed by atoms with Gasteiger partial charge < -0.3 is 24.4 Å². The van der Waals surface area contributed by atoms with Gasteiger partial charge in [0.1, 0.15) is 5.75 Å². The number of hydrogen-bond acceptors (Lipinski definition) is 5. The summed E-state index contributed by atoms with van der Waals surface area (Å²) >= 11 is 0. The Balaban J connectivity index is 0.00000242. The average molecular weight is 331 g/mol. The molecule has 0 radical (unpaired) electrons. The zero-order valence-electron chi connectivity index (χ0n) is 13.3. The summed E-state index contributed by atoms with van der Waals surface area (Å²) in [6.07, 6.45) is 0.956. The van der Waals surface area contributed by atoms with Crippen LogP contribution in [0.2, 0.25) is 0 Å². The molecule has 1 unspecified atom stereocenters. The third kappa shape index (κ3) is 3.56. The summed E-state index contributed by atoms with van der Waals surface area (Å²) in [5.41, 5.74) is 0.476. The average Bonchev–Trinajstić information content (AvgIpc) is 3.06. The molecule has 0 spiro atoms. The van der Waals surface area contributed by atoms with Crippen LogP contribution in [0.15, 0.2) is 12.1 Å². The molecule has 1 amide bonds. The Labute approximate surface area is 137 Å². The van der Waals surface area contributed by atoms with E-state index in [1.807, 2.05) is 7.05 Å². The number of nitrogens with zero attached hydrogens (tertiary/aromatic N) is 1.